The Morgan fingerprint density at radius 2 is 1.95 bits per heavy atom. The minimum atomic E-state index is -0.610. The number of amides is 1. The molecule has 0 saturated heterocycles. The van der Waals surface area contributed by atoms with E-state index in [2.05, 4.69) is 23.6 Å². The zero-order valence-corrected chi connectivity index (χ0v) is 14.5. The first-order chi connectivity index (χ1) is 10.7. The molecule has 124 valence electrons. The summed E-state index contributed by atoms with van der Waals surface area (Å²) in [5.74, 6) is 1.11. The molecule has 0 aromatic carbocycles. The van der Waals surface area contributed by atoms with Gasteiger partial charge in [0, 0.05) is 11.3 Å². The highest BCUT2D eigenvalue weighted by Gasteiger charge is 2.33. The van der Waals surface area contributed by atoms with Gasteiger partial charge in [-0.05, 0) is 31.4 Å². The number of carbonyl (C=O) groups is 1. The topological polar surface area (TPSA) is 64.9 Å². The summed E-state index contributed by atoms with van der Waals surface area (Å²) in [5.41, 5.74) is -0.610. The van der Waals surface area contributed by atoms with Gasteiger partial charge in [0.25, 0.3) is 0 Å². The molecular formula is C17H29N3OS. The average molecular weight is 324 g/mol. The lowest BCUT2D eigenvalue weighted by atomic mass is 9.83. The highest BCUT2D eigenvalue weighted by Crippen LogP contribution is 2.29. The fourth-order valence-corrected chi connectivity index (χ4v) is 4.92. The molecule has 4 nitrogen and oxygen atoms in total. The number of carbonyl (C=O) groups excluding carboxylic acids is 1. The van der Waals surface area contributed by atoms with Crippen molar-refractivity contribution in [2.45, 2.75) is 81.5 Å². The first kappa shape index (κ1) is 17.6. The van der Waals surface area contributed by atoms with Crippen molar-refractivity contribution in [3.05, 3.63) is 0 Å². The molecule has 0 unspecified atom stereocenters. The third-order valence-electron chi connectivity index (χ3n) is 4.91. The number of nitrogens with zero attached hydrogens (tertiary/aromatic N) is 1. The number of hydrogen-bond donors (Lipinski definition) is 2. The van der Waals surface area contributed by atoms with E-state index >= 15 is 0 Å². The van der Waals surface area contributed by atoms with E-state index in [0.29, 0.717) is 17.8 Å². The van der Waals surface area contributed by atoms with E-state index in [0.717, 1.165) is 37.9 Å². The summed E-state index contributed by atoms with van der Waals surface area (Å²) in [4.78, 5) is 12.3. The highest BCUT2D eigenvalue weighted by atomic mass is 32.2. The molecule has 2 N–H and O–H groups in total. The largest absolute Gasteiger partial charge is 0.337 e. The van der Waals surface area contributed by atoms with Gasteiger partial charge in [-0.1, -0.05) is 39.0 Å². The van der Waals surface area contributed by atoms with Gasteiger partial charge in [-0.3, -0.25) is 4.79 Å². The minimum Gasteiger partial charge on any atom is -0.337 e. The van der Waals surface area contributed by atoms with Crippen LogP contribution in [-0.4, -0.2) is 35.0 Å². The molecular weight excluding hydrogens is 294 g/mol. The Kier molecular flexibility index (Phi) is 7.04. The van der Waals surface area contributed by atoms with E-state index in [1.54, 1.807) is 0 Å². The molecule has 2 aliphatic rings. The summed E-state index contributed by atoms with van der Waals surface area (Å²) < 4.78 is 0. The Labute approximate surface area is 138 Å². The van der Waals surface area contributed by atoms with E-state index in [1.807, 2.05) is 11.8 Å². The van der Waals surface area contributed by atoms with Crippen LogP contribution in [0.25, 0.3) is 0 Å². The Hall–Kier alpha value is -0.730. The molecule has 0 spiro atoms. The van der Waals surface area contributed by atoms with Crippen LogP contribution in [0, 0.1) is 11.3 Å². The molecule has 2 aliphatic carbocycles. The molecule has 0 aromatic heterocycles. The second-order valence-corrected chi connectivity index (χ2v) is 8.08. The van der Waals surface area contributed by atoms with Crippen LogP contribution < -0.4 is 10.6 Å². The molecule has 0 aliphatic heterocycles. The molecule has 2 saturated carbocycles. The van der Waals surface area contributed by atoms with Crippen LogP contribution in [0.5, 0.6) is 0 Å². The maximum absolute atomic E-state index is 12.3. The summed E-state index contributed by atoms with van der Waals surface area (Å²) in [7, 11) is 0. The standard InChI is InChI=1S/C17H29N3OS/c1-2-22-15-9-5-4-8-14(15)19-12-16(21)20-17(13-18)10-6-3-7-11-17/h14-15,19H,2-12H2,1H3,(H,20,21)/t14-,15-/m1/s1. The van der Waals surface area contributed by atoms with Gasteiger partial charge in [-0.25, -0.2) is 0 Å². The minimum absolute atomic E-state index is 0.0192. The van der Waals surface area contributed by atoms with Crippen molar-refractivity contribution in [2.75, 3.05) is 12.3 Å². The molecule has 0 radical (unpaired) electrons. The summed E-state index contributed by atoms with van der Waals surface area (Å²) in [6.07, 6.45) is 9.82. The predicted octanol–water partition coefficient (Wildman–Crippen LogP) is 2.98. The zero-order chi connectivity index (χ0) is 15.8. The van der Waals surface area contributed by atoms with Crippen LogP contribution in [0.15, 0.2) is 0 Å². The van der Waals surface area contributed by atoms with Crippen molar-refractivity contribution < 1.29 is 4.79 Å². The third-order valence-corrected chi connectivity index (χ3v) is 6.23. The van der Waals surface area contributed by atoms with Crippen LogP contribution >= 0.6 is 11.8 Å². The van der Waals surface area contributed by atoms with Crippen LogP contribution in [-0.2, 0) is 4.79 Å². The maximum Gasteiger partial charge on any atom is 0.235 e. The van der Waals surface area contributed by atoms with Crippen LogP contribution in [0.3, 0.4) is 0 Å². The van der Waals surface area contributed by atoms with Crippen molar-refractivity contribution in [1.82, 2.24) is 10.6 Å². The van der Waals surface area contributed by atoms with Crippen molar-refractivity contribution in [3.63, 3.8) is 0 Å². The highest BCUT2D eigenvalue weighted by molar-refractivity contribution is 7.99. The lowest BCUT2D eigenvalue weighted by Crippen LogP contribution is -2.53. The van der Waals surface area contributed by atoms with Gasteiger partial charge in [-0.2, -0.15) is 17.0 Å². The Balaban J connectivity index is 1.80. The number of hydrogen-bond acceptors (Lipinski definition) is 4. The molecule has 2 atom stereocenters. The van der Waals surface area contributed by atoms with Crippen LogP contribution in [0.1, 0.15) is 64.7 Å². The molecule has 0 aromatic rings. The monoisotopic (exact) mass is 323 g/mol. The second kappa shape index (κ2) is 8.79. The lowest BCUT2D eigenvalue weighted by Gasteiger charge is -2.33. The number of rotatable bonds is 6. The predicted molar refractivity (Wildman–Crippen MR) is 91.8 cm³/mol. The van der Waals surface area contributed by atoms with E-state index in [9.17, 15) is 10.1 Å². The first-order valence-electron chi connectivity index (χ1n) is 8.76. The second-order valence-electron chi connectivity index (χ2n) is 6.57. The van der Waals surface area contributed by atoms with E-state index in [1.165, 1.54) is 25.7 Å². The van der Waals surface area contributed by atoms with Gasteiger partial charge >= 0.3 is 0 Å². The van der Waals surface area contributed by atoms with Crippen LogP contribution in [0.2, 0.25) is 0 Å². The van der Waals surface area contributed by atoms with Gasteiger partial charge in [0.2, 0.25) is 5.91 Å². The fourth-order valence-electron chi connectivity index (χ4n) is 3.70. The summed E-state index contributed by atoms with van der Waals surface area (Å²) >= 11 is 2.00. The van der Waals surface area contributed by atoms with Crippen molar-refractivity contribution >= 4 is 17.7 Å². The van der Waals surface area contributed by atoms with Gasteiger partial charge in [0.15, 0.2) is 0 Å². The zero-order valence-electron chi connectivity index (χ0n) is 13.7. The SMILES string of the molecule is CCS[C@@H]1CCCC[C@H]1NCC(=O)NC1(C#N)CCCCC1. The molecule has 1 amide bonds. The molecule has 2 rings (SSSR count). The van der Waals surface area contributed by atoms with Crippen molar-refractivity contribution in [1.29, 1.82) is 5.26 Å². The third kappa shape index (κ3) is 4.89. The van der Waals surface area contributed by atoms with Gasteiger partial charge in [-0.15, -0.1) is 0 Å². The molecule has 0 bridgehead atoms. The van der Waals surface area contributed by atoms with Gasteiger partial charge in [0.05, 0.1) is 12.6 Å². The lowest BCUT2D eigenvalue weighted by molar-refractivity contribution is -0.122. The Morgan fingerprint density at radius 3 is 2.64 bits per heavy atom. The Bertz CT molecular complexity index is 399. The van der Waals surface area contributed by atoms with E-state index in [4.69, 9.17) is 0 Å². The normalized spacial score (nSPS) is 27.8. The van der Waals surface area contributed by atoms with Gasteiger partial charge in [0.1, 0.15) is 5.54 Å². The summed E-state index contributed by atoms with van der Waals surface area (Å²) in [5, 5.41) is 16.5. The van der Waals surface area contributed by atoms with Gasteiger partial charge < -0.3 is 10.6 Å². The molecule has 5 heteroatoms. The van der Waals surface area contributed by atoms with Crippen LogP contribution in [0.4, 0.5) is 0 Å². The Morgan fingerprint density at radius 1 is 1.23 bits per heavy atom. The quantitative estimate of drug-likeness (QED) is 0.789. The number of thioether (sulfide) groups is 1. The molecule has 0 heterocycles. The number of nitriles is 1. The van der Waals surface area contributed by atoms with E-state index < -0.39 is 5.54 Å². The van der Waals surface area contributed by atoms with Crippen molar-refractivity contribution in [2.24, 2.45) is 0 Å². The van der Waals surface area contributed by atoms with E-state index in [-0.39, 0.29) is 5.91 Å². The maximum atomic E-state index is 12.3. The average Bonchev–Trinajstić information content (AvgIpc) is 2.55. The first-order valence-corrected chi connectivity index (χ1v) is 9.81. The number of nitrogens with one attached hydrogen (secondary N) is 2. The summed E-state index contributed by atoms with van der Waals surface area (Å²) in [6, 6.07) is 2.79. The fraction of sp³-hybridized carbons (Fsp3) is 0.882. The van der Waals surface area contributed by atoms with Crippen molar-refractivity contribution in [3.8, 4) is 6.07 Å². The summed E-state index contributed by atoms with van der Waals surface area (Å²) in [6.45, 7) is 2.54. The smallest absolute Gasteiger partial charge is 0.235 e. The molecule has 2 fully saturated rings. The molecule has 22 heavy (non-hydrogen) atoms.